The Bertz CT molecular complexity index is 384. The summed E-state index contributed by atoms with van der Waals surface area (Å²) in [4.78, 5) is 0.400. The fourth-order valence-corrected chi connectivity index (χ4v) is 1.96. The number of anilines is 1. The minimum Gasteiger partial charge on any atom is -0.389 e. The number of methoxy groups -OCH3 is 1. The van der Waals surface area contributed by atoms with Crippen LogP contribution in [-0.2, 0) is 4.74 Å². The first kappa shape index (κ1) is 13.4. The second kappa shape index (κ2) is 6.18. The van der Waals surface area contributed by atoms with E-state index in [1.807, 2.05) is 18.2 Å². The molecule has 1 aromatic rings. The van der Waals surface area contributed by atoms with Gasteiger partial charge in [0.2, 0.25) is 0 Å². The van der Waals surface area contributed by atoms with Crippen molar-refractivity contribution in [2.45, 2.75) is 13.0 Å². The molecule has 0 aliphatic carbocycles. The number of thiocarbonyl (C=S) groups is 1. The van der Waals surface area contributed by atoms with E-state index in [1.165, 1.54) is 0 Å². The maximum atomic E-state index is 5.55. The zero-order chi connectivity index (χ0) is 12.1. The SMILES string of the molecule is COCC(C)Nc1ccc(C(N)=S)cc1Br. The molecule has 1 atom stereocenters. The van der Waals surface area contributed by atoms with Gasteiger partial charge in [-0.3, -0.25) is 0 Å². The Balaban J connectivity index is 2.79. The lowest BCUT2D eigenvalue weighted by Crippen LogP contribution is -2.21. The Morgan fingerprint density at radius 2 is 2.31 bits per heavy atom. The van der Waals surface area contributed by atoms with Crippen LogP contribution in [0, 0.1) is 0 Å². The summed E-state index contributed by atoms with van der Waals surface area (Å²) in [7, 11) is 1.68. The van der Waals surface area contributed by atoms with E-state index < -0.39 is 0 Å². The molecule has 0 amide bonds. The molecule has 0 radical (unpaired) electrons. The number of ether oxygens (including phenoxy) is 1. The Hall–Kier alpha value is -0.650. The predicted molar refractivity (Wildman–Crippen MR) is 75.0 cm³/mol. The van der Waals surface area contributed by atoms with E-state index in [1.54, 1.807) is 7.11 Å². The van der Waals surface area contributed by atoms with Crippen molar-refractivity contribution in [3.8, 4) is 0 Å². The van der Waals surface area contributed by atoms with Crippen molar-refractivity contribution in [3.05, 3.63) is 28.2 Å². The third kappa shape index (κ3) is 3.73. The van der Waals surface area contributed by atoms with E-state index in [0.29, 0.717) is 11.6 Å². The number of nitrogens with two attached hydrogens (primary N) is 1. The summed E-state index contributed by atoms with van der Waals surface area (Å²) in [5.41, 5.74) is 7.41. The normalized spacial score (nSPS) is 12.2. The second-order valence-electron chi connectivity index (χ2n) is 3.56. The Morgan fingerprint density at radius 1 is 1.62 bits per heavy atom. The van der Waals surface area contributed by atoms with Gasteiger partial charge < -0.3 is 15.8 Å². The maximum absolute atomic E-state index is 5.55. The first-order valence-corrected chi connectivity index (χ1v) is 6.09. The van der Waals surface area contributed by atoms with Gasteiger partial charge in [0.15, 0.2) is 0 Å². The van der Waals surface area contributed by atoms with Crippen LogP contribution in [0.15, 0.2) is 22.7 Å². The summed E-state index contributed by atoms with van der Waals surface area (Å²) in [6.45, 7) is 2.71. The van der Waals surface area contributed by atoms with Crippen molar-refractivity contribution >= 4 is 38.8 Å². The van der Waals surface area contributed by atoms with Crippen LogP contribution in [0.25, 0.3) is 0 Å². The standard InChI is InChI=1S/C11H15BrN2OS/c1-7(6-15-2)14-10-4-3-8(11(13)16)5-9(10)12/h3-5,7,14H,6H2,1-2H3,(H2,13,16). The summed E-state index contributed by atoms with van der Waals surface area (Å²) >= 11 is 8.39. The highest BCUT2D eigenvalue weighted by Crippen LogP contribution is 2.24. The summed E-state index contributed by atoms with van der Waals surface area (Å²) in [6.07, 6.45) is 0. The molecule has 1 rings (SSSR count). The van der Waals surface area contributed by atoms with Gasteiger partial charge in [0, 0.05) is 28.9 Å². The van der Waals surface area contributed by atoms with Crippen LogP contribution >= 0.6 is 28.1 Å². The second-order valence-corrected chi connectivity index (χ2v) is 4.85. The van der Waals surface area contributed by atoms with Gasteiger partial charge in [0.25, 0.3) is 0 Å². The predicted octanol–water partition coefficient (Wildman–Crippen LogP) is 2.53. The molecule has 1 unspecified atom stereocenters. The highest BCUT2D eigenvalue weighted by atomic mass is 79.9. The van der Waals surface area contributed by atoms with Crippen LogP contribution in [0.3, 0.4) is 0 Å². The molecule has 0 aliphatic heterocycles. The number of rotatable bonds is 5. The molecule has 1 aromatic carbocycles. The fraction of sp³-hybridized carbons (Fsp3) is 0.364. The largest absolute Gasteiger partial charge is 0.389 e. The molecule has 3 nitrogen and oxygen atoms in total. The van der Waals surface area contributed by atoms with Crippen molar-refractivity contribution < 1.29 is 4.74 Å². The summed E-state index contributed by atoms with van der Waals surface area (Å²) in [6, 6.07) is 6.00. The van der Waals surface area contributed by atoms with Gasteiger partial charge in [0.1, 0.15) is 4.99 Å². The third-order valence-electron chi connectivity index (χ3n) is 2.07. The minimum absolute atomic E-state index is 0.247. The van der Waals surface area contributed by atoms with Crippen molar-refractivity contribution in [2.75, 3.05) is 19.0 Å². The van der Waals surface area contributed by atoms with Crippen molar-refractivity contribution in [1.29, 1.82) is 0 Å². The Kier molecular flexibility index (Phi) is 5.18. The molecule has 88 valence electrons. The molecule has 0 saturated heterocycles. The Morgan fingerprint density at radius 3 is 2.81 bits per heavy atom. The van der Waals surface area contributed by atoms with Crippen LogP contribution in [0.5, 0.6) is 0 Å². The number of hydrogen-bond donors (Lipinski definition) is 2. The van der Waals surface area contributed by atoms with Crippen LogP contribution in [0.2, 0.25) is 0 Å². The summed E-state index contributed by atoms with van der Waals surface area (Å²) < 4.78 is 6.00. The molecule has 5 heteroatoms. The van der Waals surface area contributed by atoms with Crippen molar-refractivity contribution in [3.63, 3.8) is 0 Å². The van der Waals surface area contributed by atoms with Crippen LogP contribution in [0.1, 0.15) is 12.5 Å². The van der Waals surface area contributed by atoms with Gasteiger partial charge in [0.05, 0.1) is 6.61 Å². The smallest absolute Gasteiger partial charge is 0.104 e. The molecule has 0 aromatic heterocycles. The van der Waals surface area contributed by atoms with Crippen LogP contribution in [-0.4, -0.2) is 24.7 Å². The fourth-order valence-electron chi connectivity index (χ4n) is 1.34. The van der Waals surface area contributed by atoms with E-state index >= 15 is 0 Å². The van der Waals surface area contributed by atoms with E-state index in [-0.39, 0.29) is 6.04 Å². The molecular weight excluding hydrogens is 288 g/mol. The molecule has 0 bridgehead atoms. The van der Waals surface area contributed by atoms with E-state index in [2.05, 4.69) is 28.2 Å². The minimum atomic E-state index is 0.247. The van der Waals surface area contributed by atoms with Crippen molar-refractivity contribution in [1.82, 2.24) is 0 Å². The molecule has 0 fully saturated rings. The van der Waals surface area contributed by atoms with Gasteiger partial charge in [-0.2, -0.15) is 0 Å². The van der Waals surface area contributed by atoms with Gasteiger partial charge in [-0.25, -0.2) is 0 Å². The average Bonchev–Trinajstić information content (AvgIpc) is 2.21. The lowest BCUT2D eigenvalue weighted by atomic mass is 10.2. The molecule has 0 saturated carbocycles. The number of nitrogens with one attached hydrogen (secondary N) is 1. The van der Waals surface area contributed by atoms with Crippen molar-refractivity contribution in [2.24, 2.45) is 5.73 Å². The highest BCUT2D eigenvalue weighted by molar-refractivity contribution is 9.10. The van der Waals surface area contributed by atoms with E-state index in [9.17, 15) is 0 Å². The highest BCUT2D eigenvalue weighted by Gasteiger charge is 2.06. The van der Waals surface area contributed by atoms with Crippen LogP contribution < -0.4 is 11.1 Å². The monoisotopic (exact) mass is 302 g/mol. The van der Waals surface area contributed by atoms with Crippen LogP contribution in [0.4, 0.5) is 5.69 Å². The van der Waals surface area contributed by atoms with E-state index in [0.717, 1.165) is 15.7 Å². The van der Waals surface area contributed by atoms with Gasteiger partial charge in [-0.05, 0) is 41.1 Å². The molecular formula is C11H15BrN2OS. The lowest BCUT2D eigenvalue weighted by Gasteiger charge is -2.16. The van der Waals surface area contributed by atoms with Gasteiger partial charge in [-0.15, -0.1) is 0 Å². The number of benzene rings is 1. The summed E-state index contributed by atoms with van der Waals surface area (Å²) in [5.74, 6) is 0. The lowest BCUT2D eigenvalue weighted by molar-refractivity contribution is 0.190. The molecule has 0 aliphatic rings. The molecule has 16 heavy (non-hydrogen) atoms. The van der Waals surface area contributed by atoms with Gasteiger partial charge in [-0.1, -0.05) is 12.2 Å². The molecule has 3 N–H and O–H groups in total. The quantitative estimate of drug-likeness (QED) is 0.821. The zero-order valence-electron chi connectivity index (χ0n) is 9.29. The number of hydrogen-bond acceptors (Lipinski definition) is 3. The zero-order valence-corrected chi connectivity index (χ0v) is 11.7. The van der Waals surface area contributed by atoms with Gasteiger partial charge >= 0.3 is 0 Å². The first-order valence-electron chi connectivity index (χ1n) is 4.89. The number of halogens is 1. The maximum Gasteiger partial charge on any atom is 0.104 e. The third-order valence-corrected chi connectivity index (χ3v) is 2.96. The average molecular weight is 303 g/mol. The van der Waals surface area contributed by atoms with E-state index in [4.69, 9.17) is 22.7 Å². The molecule has 0 heterocycles. The topological polar surface area (TPSA) is 47.3 Å². The molecule has 0 spiro atoms. The summed E-state index contributed by atoms with van der Waals surface area (Å²) in [5, 5.41) is 3.32. The Labute approximate surface area is 109 Å². The first-order chi connectivity index (χ1) is 7.54.